The maximum atomic E-state index is 5.72. The zero-order valence-electron chi connectivity index (χ0n) is 10.9. The molecule has 0 aromatic rings. The first-order chi connectivity index (χ1) is 7.74. The van der Waals surface area contributed by atoms with Gasteiger partial charge in [-0.3, -0.25) is 4.90 Å². The van der Waals surface area contributed by atoms with E-state index in [9.17, 15) is 0 Å². The predicted octanol–water partition coefficient (Wildman–Crippen LogP) is 0.722. The second-order valence-corrected chi connectivity index (χ2v) is 4.48. The van der Waals surface area contributed by atoms with Crippen molar-refractivity contribution in [3.05, 3.63) is 0 Å². The lowest BCUT2D eigenvalue weighted by molar-refractivity contribution is -0.0375. The number of ether oxygens (including phenoxy) is 2. The van der Waals surface area contributed by atoms with Gasteiger partial charge in [-0.25, -0.2) is 0 Å². The standard InChI is InChI=1S/C12H26N2O2/c1-4-15-7-5-13-9-12-10-14(11(2)3)6-8-16-12/h11-13H,4-10H2,1-3H3. The van der Waals surface area contributed by atoms with Gasteiger partial charge in [-0.05, 0) is 20.8 Å². The Morgan fingerprint density at radius 3 is 3.00 bits per heavy atom. The molecule has 1 saturated heterocycles. The minimum Gasteiger partial charge on any atom is -0.380 e. The molecular weight excluding hydrogens is 204 g/mol. The molecule has 0 spiro atoms. The molecule has 1 aliphatic heterocycles. The molecule has 4 heteroatoms. The number of rotatable bonds is 7. The van der Waals surface area contributed by atoms with Crippen molar-refractivity contribution in [2.45, 2.75) is 32.9 Å². The quantitative estimate of drug-likeness (QED) is 0.654. The zero-order chi connectivity index (χ0) is 11.8. The van der Waals surface area contributed by atoms with Gasteiger partial charge in [0.05, 0.1) is 19.3 Å². The lowest BCUT2D eigenvalue weighted by atomic mass is 10.2. The van der Waals surface area contributed by atoms with Crippen molar-refractivity contribution >= 4 is 0 Å². The number of morpholine rings is 1. The normalized spacial score (nSPS) is 22.9. The highest BCUT2D eigenvalue weighted by molar-refractivity contribution is 4.75. The third-order valence-electron chi connectivity index (χ3n) is 2.90. The van der Waals surface area contributed by atoms with Gasteiger partial charge in [0.15, 0.2) is 0 Å². The Labute approximate surface area is 99.3 Å². The molecule has 1 fully saturated rings. The second-order valence-electron chi connectivity index (χ2n) is 4.48. The Balaban J connectivity index is 2.07. The molecule has 0 amide bonds. The average Bonchev–Trinajstić information content (AvgIpc) is 2.29. The summed E-state index contributed by atoms with van der Waals surface area (Å²) in [6.07, 6.45) is 0.331. The molecule has 1 aliphatic rings. The molecule has 0 radical (unpaired) electrons. The Bertz CT molecular complexity index is 176. The third-order valence-corrected chi connectivity index (χ3v) is 2.90. The molecule has 0 saturated carbocycles. The summed E-state index contributed by atoms with van der Waals surface area (Å²) < 4.78 is 11.0. The van der Waals surface area contributed by atoms with Crippen molar-refractivity contribution in [1.29, 1.82) is 0 Å². The highest BCUT2D eigenvalue weighted by Gasteiger charge is 2.21. The van der Waals surface area contributed by atoms with E-state index in [-0.39, 0.29) is 0 Å². The van der Waals surface area contributed by atoms with E-state index in [4.69, 9.17) is 9.47 Å². The van der Waals surface area contributed by atoms with Gasteiger partial charge in [0.2, 0.25) is 0 Å². The van der Waals surface area contributed by atoms with Crippen LogP contribution >= 0.6 is 0 Å². The van der Waals surface area contributed by atoms with Crippen LogP contribution in [0.1, 0.15) is 20.8 Å². The molecule has 0 bridgehead atoms. The molecule has 1 N–H and O–H groups in total. The van der Waals surface area contributed by atoms with Gasteiger partial charge in [-0.1, -0.05) is 0 Å². The molecule has 16 heavy (non-hydrogen) atoms. The largest absolute Gasteiger partial charge is 0.380 e. The van der Waals surface area contributed by atoms with Gasteiger partial charge in [-0.2, -0.15) is 0 Å². The number of hydrogen-bond donors (Lipinski definition) is 1. The monoisotopic (exact) mass is 230 g/mol. The van der Waals surface area contributed by atoms with Gasteiger partial charge in [0.25, 0.3) is 0 Å². The van der Waals surface area contributed by atoms with Gasteiger partial charge >= 0.3 is 0 Å². The molecule has 1 rings (SSSR count). The predicted molar refractivity (Wildman–Crippen MR) is 65.8 cm³/mol. The summed E-state index contributed by atoms with van der Waals surface area (Å²) in [6.45, 7) is 12.9. The van der Waals surface area contributed by atoms with Crippen LogP contribution < -0.4 is 5.32 Å². The Morgan fingerprint density at radius 2 is 2.31 bits per heavy atom. The van der Waals surface area contributed by atoms with E-state index in [0.717, 1.165) is 46.0 Å². The lowest BCUT2D eigenvalue weighted by Gasteiger charge is -2.35. The Morgan fingerprint density at radius 1 is 1.50 bits per heavy atom. The van der Waals surface area contributed by atoms with E-state index in [2.05, 4.69) is 24.1 Å². The first-order valence-corrected chi connectivity index (χ1v) is 6.38. The van der Waals surface area contributed by atoms with Crippen LogP contribution in [0.4, 0.5) is 0 Å². The Hall–Kier alpha value is -0.160. The maximum absolute atomic E-state index is 5.72. The SMILES string of the molecule is CCOCCNCC1CN(C(C)C)CCO1. The summed E-state index contributed by atoms with van der Waals surface area (Å²) in [5, 5.41) is 3.37. The Kier molecular flexibility index (Phi) is 6.96. The molecule has 0 aromatic carbocycles. The van der Waals surface area contributed by atoms with Crippen molar-refractivity contribution in [1.82, 2.24) is 10.2 Å². The summed E-state index contributed by atoms with van der Waals surface area (Å²) in [6, 6.07) is 0.620. The van der Waals surface area contributed by atoms with Crippen LogP contribution in [0.3, 0.4) is 0 Å². The van der Waals surface area contributed by atoms with Crippen LogP contribution in [0.15, 0.2) is 0 Å². The molecular formula is C12H26N2O2. The molecule has 96 valence electrons. The van der Waals surface area contributed by atoms with Crippen LogP contribution in [0.25, 0.3) is 0 Å². The lowest BCUT2D eigenvalue weighted by Crippen LogP contribution is -2.49. The minimum atomic E-state index is 0.331. The fourth-order valence-electron chi connectivity index (χ4n) is 1.89. The van der Waals surface area contributed by atoms with Crippen LogP contribution in [-0.2, 0) is 9.47 Å². The van der Waals surface area contributed by atoms with E-state index in [1.165, 1.54) is 0 Å². The first kappa shape index (κ1) is 13.9. The molecule has 4 nitrogen and oxygen atoms in total. The summed E-state index contributed by atoms with van der Waals surface area (Å²) in [5.41, 5.74) is 0. The molecule has 1 heterocycles. The van der Waals surface area contributed by atoms with E-state index >= 15 is 0 Å². The molecule has 1 unspecified atom stereocenters. The number of nitrogens with zero attached hydrogens (tertiary/aromatic N) is 1. The van der Waals surface area contributed by atoms with Crippen molar-refractivity contribution in [3.63, 3.8) is 0 Å². The van der Waals surface area contributed by atoms with Crippen molar-refractivity contribution < 1.29 is 9.47 Å². The van der Waals surface area contributed by atoms with Gasteiger partial charge in [0, 0.05) is 38.8 Å². The molecule has 0 aliphatic carbocycles. The molecule has 0 aromatic heterocycles. The number of nitrogens with one attached hydrogen (secondary N) is 1. The van der Waals surface area contributed by atoms with Crippen LogP contribution in [0.5, 0.6) is 0 Å². The maximum Gasteiger partial charge on any atom is 0.0826 e. The smallest absolute Gasteiger partial charge is 0.0826 e. The summed E-state index contributed by atoms with van der Waals surface area (Å²) >= 11 is 0. The van der Waals surface area contributed by atoms with Crippen molar-refractivity contribution in [2.75, 3.05) is 46.0 Å². The fraction of sp³-hybridized carbons (Fsp3) is 1.00. The van der Waals surface area contributed by atoms with E-state index < -0.39 is 0 Å². The molecule has 1 atom stereocenters. The van der Waals surface area contributed by atoms with E-state index in [1.807, 2.05) is 6.92 Å². The second kappa shape index (κ2) is 8.01. The topological polar surface area (TPSA) is 33.7 Å². The highest BCUT2D eigenvalue weighted by atomic mass is 16.5. The minimum absolute atomic E-state index is 0.331. The third kappa shape index (κ3) is 5.25. The summed E-state index contributed by atoms with van der Waals surface area (Å²) in [4.78, 5) is 2.47. The zero-order valence-corrected chi connectivity index (χ0v) is 10.9. The van der Waals surface area contributed by atoms with E-state index in [1.54, 1.807) is 0 Å². The first-order valence-electron chi connectivity index (χ1n) is 6.38. The highest BCUT2D eigenvalue weighted by Crippen LogP contribution is 2.07. The fourth-order valence-corrected chi connectivity index (χ4v) is 1.89. The van der Waals surface area contributed by atoms with Gasteiger partial charge < -0.3 is 14.8 Å². The van der Waals surface area contributed by atoms with Crippen LogP contribution in [0, 0.1) is 0 Å². The van der Waals surface area contributed by atoms with Crippen LogP contribution in [0.2, 0.25) is 0 Å². The van der Waals surface area contributed by atoms with Crippen molar-refractivity contribution in [3.8, 4) is 0 Å². The van der Waals surface area contributed by atoms with Crippen molar-refractivity contribution in [2.24, 2.45) is 0 Å². The average molecular weight is 230 g/mol. The summed E-state index contributed by atoms with van der Waals surface area (Å²) in [7, 11) is 0. The van der Waals surface area contributed by atoms with Gasteiger partial charge in [-0.15, -0.1) is 0 Å². The summed E-state index contributed by atoms with van der Waals surface area (Å²) in [5.74, 6) is 0. The van der Waals surface area contributed by atoms with E-state index in [0.29, 0.717) is 12.1 Å². The van der Waals surface area contributed by atoms with Gasteiger partial charge in [0.1, 0.15) is 0 Å². The van der Waals surface area contributed by atoms with Crippen LogP contribution in [-0.4, -0.2) is 63.0 Å². The number of hydrogen-bond acceptors (Lipinski definition) is 4.